The van der Waals surface area contributed by atoms with Gasteiger partial charge in [0.05, 0.1) is 12.6 Å². The molecule has 0 aliphatic carbocycles. The van der Waals surface area contributed by atoms with Crippen molar-refractivity contribution in [2.75, 3.05) is 7.11 Å². The molecule has 1 heterocycles. The standard InChI is InChI=1S/C19H17BrNO2/c1-4-21-12(2)18(13-5-7-14(20)8-6-13)19(22)16-10-9-15(23-3)11-17(16)21/h5-11H,1,4H2,2-3H3. The first kappa shape index (κ1) is 15.8. The van der Waals surface area contributed by atoms with E-state index in [2.05, 4.69) is 27.4 Å². The topological polar surface area (TPSA) is 31.2 Å². The molecule has 0 bridgehead atoms. The highest BCUT2D eigenvalue weighted by Crippen LogP contribution is 2.27. The fourth-order valence-corrected chi connectivity index (χ4v) is 3.18. The van der Waals surface area contributed by atoms with Crippen LogP contribution < -0.4 is 10.2 Å². The van der Waals surface area contributed by atoms with Gasteiger partial charge in [0.15, 0.2) is 5.43 Å². The lowest BCUT2D eigenvalue weighted by Crippen LogP contribution is -2.16. The maximum Gasteiger partial charge on any atom is 0.197 e. The lowest BCUT2D eigenvalue weighted by Gasteiger charge is -2.17. The third kappa shape index (κ3) is 2.68. The minimum atomic E-state index is 0.0344. The summed E-state index contributed by atoms with van der Waals surface area (Å²) in [7, 11) is 1.62. The maximum atomic E-state index is 13.0. The summed E-state index contributed by atoms with van der Waals surface area (Å²) in [6.45, 7) is 6.52. The predicted molar refractivity (Wildman–Crippen MR) is 98.0 cm³/mol. The predicted octanol–water partition coefficient (Wildman–Crippen LogP) is 4.58. The number of fused-ring (bicyclic) bond motifs is 1. The Kier molecular flexibility index (Phi) is 4.26. The van der Waals surface area contributed by atoms with Gasteiger partial charge >= 0.3 is 0 Å². The van der Waals surface area contributed by atoms with Gasteiger partial charge in [0.1, 0.15) is 5.75 Å². The van der Waals surface area contributed by atoms with Gasteiger partial charge in [0.2, 0.25) is 0 Å². The molecule has 0 N–H and O–H groups in total. The van der Waals surface area contributed by atoms with Gasteiger partial charge in [-0.1, -0.05) is 28.1 Å². The Hall–Kier alpha value is -2.07. The molecule has 1 radical (unpaired) electrons. The summed E-state index contributed by atoms with van der Waals surface area (Å²) in [5, 5.41) is 0.679. The Labute approximate surface area is 143 Å². The quantitative estimate of drug-likeness (QED) is 0.675. The van der Waals surface area contributed by atoms with Crippen LogP contribution in [0.15, 0.2) is 51.7 Å². The first-order chi connectivity index (χ1) is 11.1. The van der Waals surface area contributed by atoms with Crippen LogP contribution in [0.2, 0.25) is 0 Å². The molecule has 0 aliphatic heterocycles. The minimum Gasteiger partial charge on any atom is -0.497 e. The van der Waals surface area contributed by atoms with E-state index in [0.29, 0.717) is 11.9 Å². The van der Waals surface area contributed by atoms with E-state index in [9.17, 15) is 4.79 Å². The normalized spacial score (nSPS) is 11.0. The maximum absolute atomic E-state index is 13.0. The van der Waals surface area contributed by atoms with Crippen molar-refractivity contribution in [2.45, 2.75) is 13.5 Å². The SMILES string of the molecule is [CH2]Cn1c(C)c(-c2ccc(Br)cc2)c(=O)c2ccc(OC)cc21. The lowest BCUT2D eigenvalue weighted by atomic mass is 10.0. The van der Waals surface area contributed by atoms with Crippen LogP contribution in [-0.2, 0) is 6.54 Å². The van der Waals surface area contributed by atoms with E-state index in [-0.39, 0.29) is 5.43 Å². The van der Waals surface area contributed by atoms with Crippen LogP contribution in [0.5, 0.6) is 5.75 Å². The van der Waals surface area contributed by atoms with Crippen LogP contribution >= 0.6 is 15.9 Å². The highest BCUT2D eigenvalue weighted by Gasteiger charge is 2.15. The number of benzene rings is 2. The van der Waals surface area contributed by atoms with E-state index >= 15 is 0 Å². The van der Waals surface area contributed by atoms with Crippen molar-refractivity contribution in [1.82, 2.24) is 4.57 Å². The zero-order valence-corrected chi connectivity index (χ0v) is 14.7. The molecule has 23 heavy (non-hydrogen) atoms. The highest BCUT2D eigenvalue weighted by atomic mass is 79.9. The number of nitrogens with zero attached hydrogens (tertiary/aromatic N) is 1. The molecule has 117 valence electrons. The van der Waals surface area contributed by atoms with Crippen LogP contribution in [0.4, 0.5) is 0 Å². The summed E-state index contributed by atoms with van der Waals surface area (Å²) in [5.41, 5.74) is 3.43. The number of halogens is 1. The molecule has 3 aromatic rings. The van der Waals surface area contributed by atoms with Gasteiger partial charge in [-0.25, -0.2) is 0 Å². The molecule has 0 fully saturated rings. The smallest absolute Gasteiger partial charge is 0.197 e. The van der Waals surface area contributed by atoms with Crippen LogP contribution in [0, 0.1) is 13.8 Å². The fraction of sp³-hybridized carbons (Fsp3) is 0.158. The first-order valence-electron chi connectivity index (χ1n) is 7.33. The molecule has 0 saturated carbocycles. The molecule has 1 aromatic heterocycles. The second-order valence-corrected chi connectivity index (χ2v) is 6.25. The van der Waals surface area contributed by atoms with Crippen LogP contribution in [0.3, 0.4) is 0 Å². The molecule has 3 rings (SSSR count). The molecule has 0 amide bonds. The zero-order chi connectivity index (χ0) is 16.6. The van der Waals surface area contributed by atoms with E-state index < -0.39 is 0 Å². The molecule has 4 heteroatoms. The highest BCUT2D eigenvalue weighted by molar-refractivity contribution is 9.10. The average Bonchev–Trinajstić information content (AvgIpc) is 2.56. The van der Waals surface area contributed by atoms with Crippen molar-refractivity contribution in [3.05, 3.63) is 69.8 Å². The molecular weight excluding hydrogens is 354 g/mol. The van der Waals surface area contributed by atoms with E-state index in [4.69, 9.17) is 4.74 Å². The third-order valence-corrected chi connectivity index (χ3v) is 4.62. The summed E-state index contributed by atoms with van der Waals surface area (Å²) in [6.07, 6.45) is 0. The molecule has 0 saturated heterocycles. The van der Waals surface area contributed by atoms with Gasteiger partial charge in [-0.2, -0.15) is 0 Å². The summed E-state index contributed by atoms with van der Waals surface area (Å²) in [6, 6.07) is 13.3. The van der Waals surface area contributed by atoms with Gasteiger partial charge in [0.25, 0.3) is 0 Å². The Morgan fingerprint density at radius 3 is 2.48 bits per heavy atom. The zero-order valence-electron chi connectivity index (χ0n) is 13.1. The summed E-state index contributed by atoms with van der Waals surface area (Å²) in [5.74, 6) is 0.731. The molecular formula is C19H17BrNO2. The van der Waals surface area contributed by atoms with E-state index in [1.165, 1.54) is 0 Å². The molecule has 0 spiro atoms. The fourth-order valence-electron chi connectivity index (χ4n) is 2.91. The number of methoxy groups -OCH3 is 1. The summed E-state index contributed by atoms with van der Waals surface area (Å²) in [4.78, 5) is 13.0. The molecule has 0 atom stereocenters. The monoisotopic (exact) mass is 370 g/mol. The van der Waals surface area contributed by atoms with Crippen molar-refractivity contribution < 1.29 is 4.74 Å². The lowest BCUT2D eigenvalue weighted by molar-refractivity contribution is 0.415. The van der Waals surface area contributed by atoms with E-state index in [1.54, 1.807) is 7.11 Å². The van der Waals surface area contributed by atoms with E-state index in [0.717, 1.165) is 32.6 Å². The molecule has 2 aromatic carbocycles. The number of pyridine rings is 1. The number of hydrogen-bond donors (Lipinski definition) is 0. The van der Waals surface area contributed by atoms with Crippen LogP contribution in [0.25, 0.3) is 22.0 Å². The van der Waals surface area contributed by atoms with Crippen LogP contribution in [0.1, 0.15) is 5.69 Å². The van der Waals surface area contributed by atoms with Crippen LogP contribution in [-0.4, -0.2) is 11.7 Å². The van der Waals surface area contributed by atoms with Gasteiger partial charge in [-0.15, -0.1) is 0 Å². The van der Waals surface area contributed by atoms with Crippen molar-refractivity contribution in [1.29, 1.82) is 0 Å². The summed E-state index contributed by atoms with van der Waals surface area (Å²) < 4.78 is 8.33. The molecule has 3 nitrogen and oxygen atoms in total. The Bertz CT molecular complexity index is 927. The van der Waals surface area contributed by atoms with Crippen molar-refractivity contribution in [3.8, 4) is 16.9 Å². The second kappa shape index (κ2) is 6.20. The number of rotatable bonds is 3. The number of ether oxygens (including phenoxy) is 1. The Morgan fingerprint density at radius 1 is 1.17 bits per heavy atom. The summed E-state index contributed by atoms with van der Waals surface area (Å²) >= 11 is 3.43. The Morgan fingerprint density at radius 2 is 1.87 bits per heavy atom. The Balaban J connectivity index is 2.40. The van der Waals surface area contributed by atoms with Gasteiger partial charge in [0, 0.05) is 33.7 Å². The van der Waals surface area contributed by atoms with Gasteiger partial charge in [-0.05, 0) is 43.7 Å². The van der Waals surface area contributed by atoms with Gasteiger partial charge < -0.3 is 9.30 Å². The number of aromatic nitrogens is 1. The van der Waals surface area contributed by atoms with Crippen molar-refractivity contribution >= 4 is 26.8 Å². The van der Waals surface area contributed by atoms with Crippen molar-refractivity contribution in [3.63, 3.8) is 0 Å². The number of hydrogen-bond acceptors (Lipinski definition) is 2. The molecule has 0 aliphatic rings. The third-order valence-electron chi connectivity index (χ3n) is 4.09. The minimum absolute atomic E-state index is 0.0344. The largest absolute Gasteiger partial charge is 0.497 e. The second-order valence-electron chi connectivity index (χ2n) is 5.33. The molecule has 0 unspecified atom stereocenters. The first-order valence-corrected chi connectivity index (χ1v) is 8.12. The van der Waals surface area contributed by atoms with E-state index in [1.807, 2.05) is 49.4 Å². The van der Waals surface area contributed by atoms with Gasteiger partial charge in [-0.3, -0.25) is 4.79 Å². The van der Waals surface area contributed by atoms with Crippen molar-refractivity contribution in [2.24, 2.45) is 0 Å². The average molecular weight is 371 g/mol.